The zero-order chi connectivity index (χ0) is 14.2. The Bertz CT molecular complexity index is 605. The van der Waals surface area contributed by atoms with Crippen LogP contribution in [0.5, 0.6) is 11.5 Å². The number of alkyl halides is 3. The smallest absolute Gasteiger partial charge is 0.418 e. The number of halogens is 3. The van der Waals surface area contributed by atoms with Crippen LogP contribution in [0, 0.1) is 6.92 Å². The molecule has 4 nitrogen and oxygen atoms in total. The van der Waals surface area contributed by atoms with Gasteiger partial charge in [0.15, 0.2) is 5.75 Å². The second-order valence-corrected chi connectivity index (χ2v) is 4.07. The molecule has 0 aliphatic rings. The quantitative estimate of drug-likeness (QED) is 0.854. The Hall–Kier alpha value is -2.18. The Morgan fingerprint density at radius 3 is 2.53 bits per heavy atom. The van der Waals surface area contributed by atoms with Gasteiger partial charge in [0.1, 0.15) is 5.75 Å². The largest absolute Gasteiger partial charge is 0.454 e. The van der Waals surface area contributed by atoms with E-state index in [0.29, 0.717) is 11.4 Å². The lowest BCUT2D eigenvalue weighted by Crippen LogP contribution is -2.08. The zero-order valence-electron chi connectivity index (χ0n) is 10.3. The monoisotopic (exact) mass is 271 g/mol. The maximum atomic E-state index is 12.7. The fourth-order valence-corrected chi connectivity index (χ4v) is 1.55. The van der Waals surface area contributed by atoms with Crippen molar-refractivity contribution >= 4 is 5.69 Å². The minimum atomic E-state index is -4.51. The number of nitrogens with two attached hydrogens (primary N) is 1. The van der Waals surface area contributed by atoms with Gasteiger partial charge in [-0.1, -0.05) is 0 Å². The van der Waals surface area contributed by atoms with Crippen molar-refractivity contribution in [3.63, 3.8) is 0 Å². The van der Waals surface area contributed by atoms with Crippen LogP contribution in [0.25, 0.3) is 0 Å². The molecular weight excluding hydrogens is 259 g/mol. The normalized spacial score (nSPS) is 11.6. The number of hydrogen-bond donors (Lipinski definition) is 1. The lowest BCUT2D eigenvalue weighted by molar-refractivity contribution is -0.137. The van der Waals surface area contributed by atoms with Gasteiger partial charge in [-0.25, -0.2) is 0 Å². The highest BCUT2D eigenvalue weighted by Gasteiger charge is 2.33. The van der Waals surface area contributed by atoms with E-state index in [-0.39, 0.29) is 11.4 Å². The Balaban J connectivity index is 2.34. The van der Waals surface area contributed by atoms with Crippen molar-refractivity contribution in [3.8, 4) is 11.5 Å². The van der Waals surface area contributed by atoms with Crippen molar-refractivity contribution in [1.82, 2.24) is 9.78 Å². The molecule has 2 aromatic rings. The van der Waals surface area contributed by atoms with E-state index in [1.807, 2.05) is 0 Å². The number of aromatic nitrogens is 2. The molecule has 7 heteroatoms. The lowest BCUT2D eigenvalue weighted by atomic mass is 10.1. The van der Waals surface area contributed by atoms with Gasteiger partial charge < -0.3 is 10.5 Å². The number of aryl methyl sites for hydroxylation is 1. The van der Waals surface area contributed by atoms with Gasteiger partial charge in [-0.2, -0.15) is 18.3 Å². The molecule has 0 fully saturated rings. The van der Waals surface area contributed by atoms with E-state index < -0.39 is 11.7 Å². The topological polar surface area (TPSA) is 53.1 Å². The van der Waals surface area contributed by atoms with E-state index >= 15 is 0 Å². The van der Waals surface area contributed by atoms with Crippen LogP contribution in [-0.2, 0) is 13.2 Å². The average Bonchev–Trinajstić information content (AvgIpc) is 2.62. The van der Waals surface area contributed by atoms with Gasteiger partial charge in [-0.3, -0.25) is 4.68 Å². The van der Waals surface area contributed by atoms with Crippen LogP contribution in [0.3, 0.4) is 0 Å². The first-order valence-corrected chi connectivity index (χ1v) is 5.42. The van der Waals surface area contributed by atoms with Crippen molar-refractivity contribution in [3.05, 3.63) is 35.7 Å². The molecule has 1 aromatic carbocycles. The summed E-state index contributed by atoms with van der Waals surface area (Å²) in [7, 11) is 1.71. The van der Waals surface area contributed by atoms with Gasteiger partial charge in [0, 0.05) is 12.7 Å². The van der Waals surface area contributed by atoms with Crippen molar-refractivity contribution < 1.29 is 17.9 Å². The maximum absolute atomic E-state index is 12.7. The van der Waals surface area contributed by atoms with Gasteiger partial charge in [-0.05, 0) is 25.1 Å². The van der Waals surface area contributed by atoms with Crippen LogP contribution < -0.4 is 10.5 Å². The summed E-state index contributed by atoms with van der Waals surface area (Å²) in [6, 6.07) is 3.43. The standard InChI is InChI=1S/C12H12F3N3O/c1-7-11(6-17-18(7)2)19-8-3-4-10(16)9(5-8)12(13,14)15/h3-6H,16H2,1-2H3. The molecule has 102 valence electrons. The molecule has 0 amide bonds. The Morgan fingerprint density at radius 2 is 2.00 bits per heavy atom. The molecule has 0 aliphatic carbocycles. The third-order valence-corrected chi connectivity index (χ3v) is 2.75. The molecule has 0 saturated carbocycles. The third-order valence-electron chi connectivity index (χ3n) is 2.75. The SMILES string of the molecule is Cc1c(Oc2ccc(N)c(C(F)(F)F)c2)cnn1C. The highest BCUT2D eigenvalue weighted by molar-refractivity contribution is 5.52. The summed E-state index contributed by atoms with van der Waals surface area (Å²) in [5.74, 6) is 0.470. The first-order chi connectivity index (χ1) is 8.79. The van der Waals surface area contributed by atoms with Gasteiger partial charge in [0.2, 0.25) is 0 Å². The molecule has 1 aromatic heterocycles. The fraction of sp³-hybridized carbons (Fsp3) is 0.250. The number of hydrogen-bond acceptors (Lipinski definition) is 3. The molecule has 0 radical (unpaired) electrons. The molecule has 2 rings (SSSR count). The van der Waals surface area contributed by atoms with Crippen LogP contribution in [0.2, 0.25) is 0 Å². The zero-order valence-corrected chi connectivity index (χ0v) is 10.3. The van der Waals surface area contributed by atoms with Crippen LogP contribution in [0.4, 0.5) is 18.9 Å². The summed E-state index contributed by atoms with van der Waals surface area (Å²) in [4.78, 5) is 0. The summed E-state index contributed by atoms with van der Waals surface area (Å²) in [6.07, 6.45) is -3.06. The Kier molecular flexibility index (Phi) is 3.13. The van der Waals surface area contributed by atoms with Crippen LogP contribution >= 0.6 is 0 Å². The predicted octanol–water partition coefficient (Wildman–Crippen LogP) is 3.12. The van der Waals surface area contributed by atoms with Crippen LogP contribution in [0.15, 0.2) is 24.4 Å². The van der Waals surface area contributed by atoms with Crippen molar-refractivity contribution in [1.29, 1.82) is 0 Å². The third kappa shape index (κ3) is 2.64. The highest BCUT2D eigenvalue weighted by Crippen LogP contribution is 2.37. The molecule has 0 aliphatic heterocycles. The summed E-state index contributed by atoms with van der Waals surface area (Å²) in [5, 5.41) is 3.95. The minimum absolute atomic E-state index is 0.0672. The summed E-state index contributed by atoms with van der Waals surface area (Å²) < 4.78 is 45.0. The van der Waals surface area contributed by atoms with E-state index in [1.165, 1.54) is 18.3 Å². The summed E-state index contributed by atoms with van der Waals surface area (Å²) in [5.41, 5.74) is 4.78. The molecule has 2 N–H and O–H groups in total. The van der Waals surface area contributed by atoms with E-state index in [4.69, 9.17) is 10.5 Å². The van der Waals surface area contributed by atoms with Gasteiger partial charge in [0.25, 0.3) is 0 Å². The van der Waals surface area contributed by atoms with Crippen molar-refractivity contribution in [2.45, 2.75) is 13.1 Å². The number of nitrogens with zero attached hydrogens (tertiary/aromatic N) is 2. The molecule has 19 heavy (non-hydrogen) atoms. The first-order valence-electron chi connectivity index (χ1n) is 5.42. The summed E-state index contributed by atoms with van der Waals surface area (Å²) in [6.45, 7) is 1.75. The maximum Gasteiger partial charge on any atom is 0.418 e. The van der Waals surface area contributed by atoms with Gasteiger partial charge in [0.05, 0.1) is 17.5 Å². The van der Waals surface area contributed by atoms with Crippen LogP contribution in [0.1, 0.15) is 11.3 Å². The van der Waals surface area contributed by atoms with E-state index in [0.717, 1.165) is 6.07 Å². The minimum Gasteiger partial charge on any atom is -0.454 e. The van der Waals surface area contributed by atoms with E-state index in [1.54, 1.807) is 18.7 Å². The number of nitrogen functional groups attached to an aromatic ring is 1. The molecule has 0 atom stereocenters. The molecule has 0 spiro atoms. The average molecular weight is 271 g/mol. The second kappa shape index (κ2) is 4.49. The highest BCUT2D eigenvalue weighted by atomic mass is 19.4. The van der Waals surface area contributed by atoms with E-state index in [2.05, 4.69) is 5.10 Å². The van der Waals surface area contributed by atoms with E-state index in [9.17, 15) is 13.2 Å². The molecule has 1 heterocycles. The van der Waals surface area contributed by atoms with Crippen molar-refractivity contribution in [2.24, 2.45) is 7.05 Å². The van der Waals surface area contributed by atoms with Gasteiger partial charge >= 0.3 is 6.18 Å². The number of ether oxygens (including phenoxy) is 1. The van der Waals surface area contributed by atoms with Gasteiger partial charge in [-0.15, -0.1) is 0 Å². The Labute approximate surface area is 107 Å². The first kappa shape index (κ1) is 13.3. The second-order valence-electron chi connectivity index (χ2n) is 4.07. The lowest BCUT2D eigenvalue weighted by Gasteiger charge is -2.12. The number of benzene rings is 1. The molecule has 0 saturated heterocycles. The molecule has 0 bridgehead atoms. The Morgan fingerprint density at radius 1 is 1.32 bits per heavy atom. The van der Waals surface area contributed by atoms with Crippen molar-refractivity contribution in [2.75, 3.05) is 5.73 Å². The summed E-state index contributed by atoms with van der Waals surface area (Å²) >= 11 is 0. The molecule has 0 unspecified atom stereocenters. The predicted molar refractivity (Wildman–Crippen MR) is 63.9 cm³/mol. The van der Waals surface area contributed by atoms with Crippen LogP contribution in [-0.4, -0.2) is 9.78 Å². The fourth-order valence-electron chi connectivity index (χ4n) is 1.55. The number of rotatable bonds is 2. The number of anilines is 1. The molecular formula is C12H12F3N3O.